The molecule has 1 nitrogen and oxygen atoms in total. The largest absolute Gasteiger partial charge is 0.294 e. The first-order valence-corrected chi connectivity index (χ1v) is 6.28. The molecule has 18 heavy (non-hydrogen) atoms. The van der Waals surface area contributed by atoms with E-state index in [2.05, 4.69) is 4.90 Å². The smallest absolute Gasteiger partial charge is 0.275 e. The van der Waals surface area contributed by atoms with E-state index in [4.69, 9.17) is 0 Å². The van der Waals surface area contributed by atoms with E-state index in [9.17, 15) is 8.78 Å². The number of nitrogens with zero attached hydrogens (tertiary/aromatic N) is 1. The number of benzene rings is 1. The average molecular weight is 253 g/mol. The van der Waals surface area contributed by atoms with Gasteiger partial charge in [0.25, 0.3) is 6.08 Å². The van der Waals surface area contributed by atoms with E-state index >= 15 is 0 Å². The van der Waals surface area contributed by atoms with Crippen LogP contribution in [0.4, 0.5) is 8.78 Å². The minimum Gasteiger partial charge on any atom is -0.294 e. The van der Waals surface area contributed by atoms with Crippen LogP contribution in [0.5, 0.6) is 0 Å². The third-order valence-electron chi connectivity index (χ3n) is 3.02. The van der Waals surface area contributed by atoms with Crippen LogP contribution in [0.2, 0.25) is 0 Å². The quantitative estimate of drug-likeness (QED) is 0.751. The summed E-state index contributed by atoms with van der Waals surface area (Å²) < 4.78 is 26.3. The van der Waals surface area contributed by atoms with Gasteiger partial charge in [-0.3, -0.25) is 4.90 Å². The minimum absolute atomic E-state index is 0.123. The first-order chi connectivity index (χ1) is 8.43. The molecule has 3 heteroatoms. The van der Waals surface area contributed by atoms with E-state index < -0.39 is 6.08 Å². The summed E-state index contributed by atoms with van der Waals surface area (Å²) in [6, 6.07) is 9.34. The highest BCUT2D eigenvalue weighted by molar-refractivity contribution is 5.67. The average Bonchev–Trinajstić information content (AvgIpc) is 2.29. The van der Waals surface area contributed by atoms with Gasteiger partial charge in [0.05, 0.1) is 0 Å². The molecule has 0 aliphatic carbocycles. The summed E-state index contributed by atoms with van der Waals surface area (Å²) in [7, 11) is 0. The third kappa shape index (κ3) is 3.91. The summed E-state index contributed by atoms with van der Waals surface area (Å²) in [4.78, 5) is 2.06. The van der Waals surface area contributed by atoms with Crippen LogP contribution in [0, 0.1) is 0 Å². The molecule has 0 atom stereocenters. The zero-order valence-electron chi connectivity index (χ0n) is 11.5. The van der Waals surface area contributed by atoms with Crippen molar-refractivity contribution in [2.45, 2.75) is 39.8 Å². The van der Waals surface area contributed by atoms with Gasteiger partial charge in [0, 0.05) is 24.2 Å². The molecule has 0 spiro atoms. The van der Waals surface area contributed by atoms with Gasteiger partial charge in [0.2, 0.25) is 0 Å². The number of hydrogen-bond donors (Lipinski definition) is 0. The van der Waals surface area contributed by atoms with Gasteiger partial charge in [-0.05, 0) is 33.3 Å². The Hall–Kier alpha value is -1.22. The molecule has 0 heterocycles. The summed E-state index contributed by atoms with van der Waals surface area (Å²) in [6.45, 7) is 8.39. The number of rotatable bonds is 5. The second kappa shape index (κ2) is 6.64. The van der Waals surface area contributed by atoms with Gasteiger partial charge in [0.1, 0.15) is 0 Å². The van der Waals surface area contributed by atoms with Crippen LogP contribution in [0.15, 0.2) is 36.4 Å². The highest BCUT2D eigenvalue weighted by atomic mass is 19.3. The van der Waals surface area contributed by atoms with Gasteiger partial charge in [-0.1, -0.05) is 30.3 Å². The summed E-state index contributed by atoms with van der Waals surface area (Å²) >= 11 is 0. The van der Waals surface area contributed by atoms with Crippen molar-refractivity contribution in [2.24, 2.45) is 0 Å². The molecule has 1 aromatic rings. The molecule has 0 aromatic heterocycles. The molecule has 0 radical (unpaired) electrons. The maximum absolute atomic E-state index is 13.1. The van der Waals surface area contributed by atoms with Crippen molar-refractivity contribution in [1.82, 2.24) is 4.90 Å². The Labute approximate surface area is 108 Å². The fraction of sp³-hybridized carbons (Fsp3) is 0.467. The van der Waals surface area contributed by atoms with Gasteiger partial charge < -0.3 is 0 Å². The fourth-order valence-corrected chi connectivity index (χ4v) is 2.04. The summed E-state index contributed by atoms with van der Waals surface area (Å²) in [5, 5.41) is 0. The SMILES string of the molecule is CC(C)N(CC(=C(F)F)c1ccccc1)C(C)C. The lowest BCUT2D eigenvalue weighted by atomic mass is 10.1. The second-order valence-electron chi connectivity index (χ2n) is 4.96. The second-order valence-corrected chi connectivity index (χ2v) is 4.96. The monoisotopic (exact) mass is 253 g/mol. The molecule has 0 fully saturated rings. The molecular weight excluding hydrogens is 232 g/mol. The van der Waals surface area contributed by atoms with Gasteiger partial charge in [-0.2, -0.15) is 8.78 Å². The first-order valence-electron chi connectivity index (χ1n) is 6.28. The molecule has 0 saturated heterocycles. The Balaban J connectivity index is 3.00. The van der Waals surface area contributed by atoms with Gasteiger partial charge in [0.15, 0.2) is 0 Å². The highest BCUT2D eigenvalue weighted by Gasteiger charge is 2.18. The zero-order chi connectivity index (χ0) is 13.7. The highest BCUT2D eigenvalue weighted by Crippen LogP contribution is 2.23. The van der Waals surface area contributed by atoms with Crippen LogP contribution in [0.3, 0.4) is 0 Å². The molecule has 100 valence electrons. The van der Waals surface area contributed by atoms with Gasteiger partial charge in [-0.25, -0.2) is 0 Å². The lowest BCUT2D eigenvalue weighted by Gasteiger charge is -2.31. The van der Waals surface area contributed by atoms with Gasteiger partial charge in [-0.15, -0.1) is 0 Å². The topological polar surface area (TPSA) is 3.24 Å². The molecule has 0 amide bonds. The number of hydrogen-bond acceptors (Lipinski definition) is 1. The van der Waals surface area contributed by atoms with Crippen LogP contribution in [-0.2, 0) is 0 Å². The van der Waals surface area contributed by atoms with Crippen LogP contribution in [0.1, 0.15) is 33.3 Å². The Morgan fingerprint density at radius 2 is 1.50 bits per heavy atom. The van der Waals surface area contributed by atoms with Crippen LogP contribution >= 0.6 is 0 Å². The molecule has 0 unspecified atom stereocenters. The Kier molecular flexibility index (Phi) is 5.48. The predicted octanol–water partition coefficient (Wildman–Crippen LogP) is 4.41. The summed E-state index contributed by atoms with van der Waals surface area (Å²) in [5.74, 6) is 0. The Bertz CT molecular complexity index is 384. The standard InChI is InChI=1S/C15H21F2N/c1-11(2)18(12(3)4)10-14(15(16)17)13-8-6-5-7-9-13/h5-9,11-12H,10H2,1-4H3. The normalized spacial score (nSPS) is 11.4. The lowest BCUT2D eigenvalue weighted by Crippen LogP contribution is -2.38. The van der Waals surface area contributed by atoms with E-state index in [1.807, 2.05) is 33.8 Å². The molecule has 0 aliphatic heterocycles. The van der Waals surface area contributed by atoms with Crippen LogP contribution < -0.4 is 0 Å². The minimum atomic E-state index is -1.59. The van der Waals surface area contributed by atoms with Crippen LogP contribution in [-0.4, -0.2) is 23.5 Å². The summed E-state index contributed by atoms with van der Waals surface area (Å²) in [5.41, 5.74) is 0.724. The summed E-state index contributed by atoms with van der Waals surface area (Å²) in [6.07, 6.45) is -1.59. The maximum Gasteiger partial charge on any atom is 0.275 e. The molecule has 1 rings (SSSR count). The van der Waals surface area contributed by atoms with Crippen molar-refractivity contribution < 1.29 is 8.78 Å². The Morgan fingerprint density at radius 3 is 1.89 bits per heavy atom. The molecular formula is C15H21F2N. The van der Waals surface area contributed by atoms with Crippen molar-refractivity contribution in [3.8, 4) is 0 Å². The van der Waals surface area contributed by atoms with Crippen molar-refractivity contribution >= 4 is 5.57 Å². The van der Waals surface area contributed by atoms with Crippen molar-refractivity contribution in [1.29, 1.82) is 0 Å². The van der Waals surface area contributed by atoms with Crippen LogP contribution in [0.25, 0.3) is 5.57 Å². The van der Waals surface area contributed by atoms with Crippen molar-refractivity contribution in [3.05, 3.63) is 42.0 Å². The van der Waals surface area contributed by atoms with Gasteiger partial charge >= 0.3 is 0 Å². The number of halogens is 2. The van der Waals surface area contributed by atoms with E-state index in [1.54, 1.807) is 24.3 Å². The van der Waals surface area contributed by atoms with Crippen molar-refractivity contribution in [3.63, 3.8) is 0 Å². The molecule has 1 aromatic carbocycles. The zero-order valence-corrected chi connectivity index (χ0v) is 11.5. The van der Waals surface area contributed by atoms with E-state index in [0.717, 1.165) is 0 Å². The molecule has 0 bridgehead atoms. The third-order valence-corrected chi connectivity index (χ3v) is 3.02. The lowest BCUT2D eigenvalue weighted by molar-refractivity contribution is 0.198. The van der Waals surface area contributed by atoms with Crippen molar-refractivity contribution in [2.75, 3.05) is 6.54 Å². The molecule has 0 saturated carbocycles. The van der Waals surface area contributed by atoms with E-state index in [-0.39, 0.29) is 24.2 Å². The Morgan fingerprint density at radius 1 is 1.00 bits per heavy atom. The van der Waals surface area contributed by atoms with E-state index in [0.29, 0.717) is 5.56 Å². The predicted molar refractivity (Wildman–Crippen MR) is 72.6 cm³/mol. The fourth-order valence-electron chi connectivity index (χ4n) is 2.04. The van der Waals surface area contributed by atoms with E-state index in [1.165, 1.54) is 0 Å². The maximum atomic E-state index is 13.1. The first kappa shape index (κ1) is 14.8. The molecule has 0 N–H and O–H groups in total. The molecule has 0 aliphatic rings.